The van der Waals surface area contributed by atoms with Gasteiger partial charge >= 0.3 is 0 Å². The van der Waals surface area contributed by atoms with Crippen molar-refractivity contribution in [1.29, 1.82) is 0 Å². The molecule has 102 valence electrons. The molecular formula is C17H13N3O. The van der Waals surface area contributed by atoms with E-state index in [2.05, 4.69) is 9.97 Å². The van der Waals surface area contributed by atoms with E-state index in [-0.39, 0.29) is 5.78 Å². The monoisotopic (exact) mass is 275 g/mol. The van der Waals surface area contributed by atoms with Crippen LogP contribution in [0.25, 0.3) is 11.8 Å². The van der Waals surface area contributed by atoms with E-state index in [0.29, 0.717) is 5.82 Å². The highest BCUT2D eigenvalue weighted by atomic mass is 16.1. The van der Waals surface area contributed by atoms with Crippen LogP contribution in [0.1, 0.15) is 16.2 Å². The first-order chi connectivity index (χ1) is 10.3. The number of hydrogen-bond acceptors (Lipinski definition) is 3. The lowest BCUT2D eigenvalue weighted by Crippen LogP contribution is -2.06. The van der Waals surface area contributed by atoms with E-state index in [1.807, 2.05) is 42.5 Å². The first-order valence-electron chi connectivity index (χ1n) is 6.56. The fourth-order valence-electron chi connectivity index (χ4n) is 2.00. The van der Waals surface area contributed by atoms with Crippen LogP contribution in [0.15, 0.2) is 73.3 Å². The maximum absolute atomic E-state index is 12.3. The van der Waals surface area contributed by atoms with E-state index in [9.17, 15) is 4.79 Å². The SMILES string of the molecule is O=C(C=Cc1ccncc1)c1nccn1-c1ccccc1. The van der Waals surface area contributed by atoms with Crippen molar-refractivity contribution in [2.75, 3.05) is 0 Å². The van der Waals surface area contributed by atoms with Crippen LogP contribution in [0.2, 0.25) is 0 Å². The molecule has 3 aromatic rings. The molecule has 0 spiro atoms. The summed E-state index contributed by atoms with van der Waals surface area (Å²) >= 11 is 0. The minimum Gasteiger partial charge on any atom is -0.297 e. The number of pyridine rings is 1. The molecule has 0 aliphatic rings. The van der Waals surface area contributed by atoms with Gasteiger partial charge < -0.3 is 0 Å². The molecule has 0 N–H and O–H groups in total. The Morgan fingerprint density at radius 2 is 1.76 bits per heavy atom. The second-order valence-corrected chi connectivity index (χ2v) is 4.43. The number of hydrogen-bond donors (Lipinski definition) is 0. The van der Waals surface area contributed by atoms with Gasteiger partial charge in [0.25, 0.3) is 0 Å². The van der Waals surface area contributed by atoms with E-state index in [1.54, 1.807) is 35.4 Å². The number of rotatable bonds is 4. The van der Waals surface area contributed by atoms with Gasteiger partial charge in [-0.3, -0.25) is 14.3 Å². The zero-order valence-electron chi connectivity index (χ0n) is 11.3. The van der Waals surface area contributed by atoms with Crippen LogP contribution in [-0.4, -0.2) is 20.3 Å². The Morgan fingerprint density at radius 3 is 2.52 bits per heavy atom. The highest BCUT2D eigenvalue weighted by Crippen LogP contribution is 2.11. The molecule has 3 rings (SSSR count). The molecule has 0 saturated carbocycles. The van der Waals surface area contributed by atoms with E-state index in [1.165, 1.54) is 6.08 Å². The number of benzene rings is 1. The molecule has 2 aromatic heterocycles. The van der Waals surface area contributed by atoms with Crippen molar-refractivity contribution in [2.45, 2.75) is 0 Å². The van der Waals surface area contributed by atoms with Crippen molar-refractivity contribution >= 4 is 11.9 Å². The van der Waals surface area contributed by atoms with Crippen molar-refractivity contribution in [2.24, 2.45) is 0 Å². The first kappa shape index (κ1) is 13.0. The van der Waals surface area contributed by atoms with E-state index < -0.39 is 0 Å². The van der Waals surface area contributed by atoms with E-state index in [0.717, 1.165) is 11.3 Å². The van der Waals surface area contributed by atoms with Gasteiger partial charge in [-0.15, -0.1) is 0 Å². The molecule has 0 bridgehead atoms. The van der Waals surface area contributed by atoms with E-state index >= 15 is 0 Å². The number of carbonyl (C=O) groups is 1. The topological polar surface area (TPSA) is 47.8 Å². The van der Waals surface area contributed by atoms with Gasteiger partial charge in [-0.25, -0.2) is 4.98 Å². The molecule has 1 aromatic carbocycles. The molecule has 0 aliphatic carbocycles. The van der Waals surface area contributed by atoms with Crippen LogP contribution < -0.4 is 0 Å². The predicted octanol–water partition coefficient (Wildman–Crippen LogP) is 3.16. The summed E-state index contributed by atoms with van der Waals surface area (Å²) in [7, 11) is 0. The number of carbonyl (C=O) groups excluding carboxylic acids is 1. The Morgan fingerprint density at radius 1 is 1.00 bits per heavy atom. The molecule has 0 fully saturated rings. The fraction of sp³-hybridized carbons (Fsp3) is 0. The smallest absolute Gasteiger partial charge is 0.221 e. The third-order valence-corrected chi connectivity index (χ3v) is 3.03. The number of imidazole rings is 1. The van der Waals surface area contributed by atoms with Gasteiger partial charge in [0.15, 0.2) is 5.82 Å². The van der Waals surface area contributed by atoms with Crippen LogP contribution in [0.4, 0.5) is 0 Å². The van der Waals surface area contributed by atoms with Gasteiger partial charge in [0.05, 0.1) is 0 Å². The van der Waals surface area contributed by atoms with Gasteiger partial charge in [-0.1, -0.05) is 24.3 Å². The van der Waals surface area contributed by atoms with Gasteiger partial charge in [0.2, 0.25) is 5.78 Å². The van der Waals surface area contributed by atoms with Crippen molar-refractivity contribution in [1.82, 2.24) is 14.5 Å². The number of nitrogens with zero attached hydrogens (tertiary/aromatic N) is 3. The third-order valence-electron chi connectivity index (χ3n) is 3.03. The maximum atomic E-state index is 12.3. The summed E-state index contributed by atoms with van der Waals surface area (Å²) in [6.07, 6.45) is 10.1. The molecule has 4 nitrogen and oxygen atoms in total. The lowest BCUT2D eigenvalue weighted by molar-refractivity contribution is 0.103. The lowest BCUT2D eigenvalue weighted by atomic mass is 10.2. The molecule has 4 heteroatoms. The molecule has 0 aliphatic heterocycles. The largest absolute Gasteiger partial charge is 0.297 e. The average molecular weight is 275 g/mol. The molecule has 0 saturated heterocycles. The summed E-state index contributed by atoms with van der Waals surface area (Å²) in [5.74, 6) is 0.257. The summed E-state index contributed by atoms with van der Waals surface area (Å²) in [6, 6.07) is 13.3. The minimum atomic E-state index is -0.138. The van der Waals surface area contributed by atoms with Crippen molar-refractivity contribution < 1.29 is 4.79 Å². The zero-order chi connectivity index (χ0) is 14.5. The first-order valence-corrected chi connectivity index (χ1v) is 6.56. The van der Waals surface area contributed by atoms with Crippen LogP contribution in [0.3, 0.4) is 0 Å². The molecule has 21 heavy (non-hydrogen) atoms. The third kappa shape index (κ3) is 2.95. The summed E-state index contributed by atoms with van der Waals surface area (Å²) in [6.45, 7) is 0. The van der Waals surface area contributed by atoms with Gasteiger partial charge in [0, 0.05) is 30.5 Å². The number of allylic oxidation sites excluding steroid dienone is 1. The molecule has 0 unspecified atom stereocenters. The van der Waals surface area contributed by atoms with Crippen molar-refractivity contribution in [3.05, 3.63) is 84.7 Å². The van der Waals surface area contributed by atoms with Crippen LogP contribution >= 0.6 is 0 Å². The second kappa shape index (κ2) is 5.96. The Bertz CT molecular complexity index is 761. The standard InChI is InChI=1S/C17H13N3O/c21-16(7-6-14-8-10-18-11-9-14)17-19-12-13-20(17)15-4-2-1-3-5-15/h1-13H. The van der Waals surface area contributed by atoms with Crippen LogP contribution in [0, 0.1) is 0 Å². The normalized spacial score (nSPS) is 10.9. The molecule has 2 heterocycles. The molecule has 0 atom stereocenters. The zero-order valence-corrected chi connectivity index (χ0v) is 11.3. The second-order valence-electron chi connectivity index (χ2n) is 4.43. The number of ketones is 1. The minimum absolute atomic E-state index is 0.138. The molecular weight excluding hydrogens is 262 g/mol. The fourth-order valence-corrected chi connectivity index (χ4v) is 2.00. The van der Waals surface area contributed by atoms with Gasteiger partial charge in [-0.05, 0) is 35.9 Å². The number of aromatic nitrogens is 3. The molecule has 0 radical (unpaired) electrons. The summed E-state index contributed by atoms with van der Waals surface area (Å²) in [4.78, 5) is 20.4. The Labute approximate surface area is 122 Å². The predicted molar refractivity (Wildman–Crippen MR) is 81.2 cm³/mol. The van der Waals surface area contributed by atoms with E-state index in [4.69, 9.17) is 0 Å². The molecule has 0 amide bonds. The summed E-state index contributed by atoms with van der Waals surface area (Å²) in [5, 5.41) is 0. The van der Waals surface area contributed by atoms with Crippen molar-refractivity contribution in [3.63, 3.8) is 0 Å². The van der Waals surface area contributed by atoms with Gasteiger partial charge in [0.1, 0.15) is 0 Å². The van der Waals surface area contributed by atoms with Crippen LogP contribution in [0.5, 0.6) is 0 Å². The van der Waals surface area contributed by atoms with Gasteiger partial charge in [-0.2, -0.15) is 0 Å². The quantitative estimate of drug-likeness (QED) is 0.543. The highest BCUT2D eigenvalue weighted by Gasteiger charge is 2.10. The Balaban J connectivity index is 1.87. The highest BCUT2D eigenvalue weighted by molar-refractivity contribution is 6.04. The maximum Gasteiger partial charge on any atom is 0.221 e. The lowest BCUT2D eigenvalue weighted by Gasteiger charge is -2.04. The summed E-state index contributed by atoms with van der Waals surface area (Å²) in [5.41, 5.74) is 1.84. The average Bonchev–Trinajstić information content (AvgIpc) is 3.04. The van der Waals surface area contributed by atoms with Crippen molar-refractivity contribution in [3.8, 4) is 5.69 Å². The Hall–Kier alpha value is -3.01. The van der Waals surface area contributed by atoms with Crippen LogP contribution in [-0.2, 0) is 0 Å². The summed E-state index contributed by atoms with van der Waals surface area (Å²) < 4.78 is 1.78. The Kier molecular flexibility index (Phi) is 3.69. The number of para-hydroxylation sites is 1.